The molecule has 0 bridgehead atoms. The van der Waals surface area contributed by atoms with Crippen molar-refractivity contribution in [3.63, 3.8) is 0 Å². The summed E-state index contributed by atoms with van der Waals surface area (Å²) < 4.78 is 5.44. The molecule has 2 atom stereocenters. The molecule has 0 spiro atoms. The highest BCUT2D eigenvalue weighted by Crippen LogP contribution is 2.34. The molecule has 6 heteroatoms. The predicted molar refractivity (Wildman–Crippen MR) is 114 cm³/mol. The van der Waals surface area contributed by atoms with Crippen LogP contribution in [0.2, 0.25) is 0 Å². The average Bonchev–Trinajstić information content (AvgIpc) is 2.90. The van der Waals surface area contributed by atoms with Crippen LogP contribution >= 0.6 is 0 Å². The van der Waals surface area contributed by atoms with Gasteiger partial charge in [-0.2, -0.15) is 0 Å². The molecule has 2 aliphatic rings. The lowest BCUT2D eigenvalue weighted by Gasteiger charge is -2.47. The molecule has 1 aromatic carbocycles. The lowest BCUT2D eigenvalue weighted by molar-refractivity contribution is -0.123. The fourth-order valence-electron chi connectivity index (χ4n) is 4.90. The van der Waals surface area contributed by atoms with E-state index in [0.717, 1.165) is 49.2 Å². The number of hydrogen-bond acceptors (Lipinski definition) is 4. The second-order valence-corrected chi connectivity index (χ2v) is 8.50. The SMILES string of the molecule is COc1ccccc1Cc1cc(C(=O)N2CCC[C@]3(C)NC(=O)CCC[C@H]23)ccn1. The first-order chi connectivity index (χ1) is 14.5. The number of hydrogen-bond donors (Lipinski definition) is 1. The second-order valence-electron chi connectivity index (χ2n) is 8.50. The van der Waals surface area contributed by atoms with Crippen molar-refractivity contribution in [1.29, 1.82) is 0 Å². The van der Waals surface area contributed by atoms with Gasteiger partial charge in [-0.3, -0.25) is 14.6 Å². The van der Waals surface area contributed by atoms with Crippen molar-refractivity contribution < 1.29 is 14.3 Å². The highest BCUT2D eigenvalue weighted by molar-refractivity contribution is 5.94. The number of amides is 2. The normalized spacial score (nSPS) is 23.9. The topological polar surface area (TPSA) is 71.5 Å². The van der Waals surface area contributed by atoms with Gasteiger partial charge in [0.15, 0.2) is 0 Å². The Kier molecular flexibility index (Phi) is 5.75. The third kappa shape index (κ3) is 4.04. The molecule has 2 aliphatic heterocycles. The number of carbonyl (C=O) groups is 2. The van der Waals surface area contributed by atoms with Gasteiger partial charge in [0, 0.05) is 42.4 Å². The number of ether oxygens (including phenoxy) is 1. The minimum atomic E-state index is -0.352. The summed E-state index contributed by atoms with van der Waals surface area (Å²) in [6, 6.07) is 11.6. The number of rotatable bonds is 4. The van der Waals surface area contributed by atoms with Crippen LogP contribution in [0, 0.1) is 0 Å². The number of nitrogens with one attached hydrogen (secondary N) is 1. The zero-order valence-corrected chi connectivity index (χ0v) is 17.7. The molecule has 0 aliphatic carbocycles. The van der Waals surface area contributed by atoms with E-state index in [2.05, 4.69) is 17.2 Å². The molecular weight excluding hydrogens is 378 g/mol. The van der Waals surface area contributed by atoms with Crippen molar-refractivity contribution in [2.24, 2.45) is 0 Å². The molecule has 2 fully saturated rings. The zero-order valence-electron chi connectivity index (χ0n) is 17.7. The molecule has 158 valence electrons. The minimum absolute atomic E-state index is 0.0192. The molecule has 30 heavy (non-hydrogen) atoms. The van der Waals surface area contributed by atoms with Crippen LogP contribution in [0.1, 0.15) is 60.6 Å². The summed E-state index contributed by atoms with van der Waals surface area (Å²) in [4.78, 5) is 32.1. The van der Waals surface area contributed by atoms with Gasteiger partial charge in [0.1, 0.15) is 5.75 Å². The number of fused-ring (bicyclic) bond motifs is 1. The average molecular weight is 408 g/mol. The van der Waals surface area contributed by atoms with Crippen LogP contribution in [0.4, 0.5) is 0 Å². The van der Waals surface area contributed by atoms with Gasteiger partial charge in [0.25, 0.3) is 5.91 Å². The minimum Gasteiger partial charge on any atom is -0.496 e. The van der Waals surface area contributed by atoms with Crippen LogP contribution in [0.25, 0.3) is 0 Å². The van der Waals surface area contributed by atoms with Gasteiger partial charge in [0.05, 0.1) is 18.7 Å². The fraction of sp³-hybridized carbons (Fsp3) is 0.458. The quantitative estimate of drug-likeness (QED) is 0.844. The Morgan fingerprint density at radius 3 is 2.97 bits per heavy atom. The van der Waals surface area contributed by atoms with E-state index in [9.17, 15) is 9.59 Å². The smallest absolute Gasteiger partial charge is 0.254 e. The third-order valence-electron chi connectivity index (χ3n) is 6.40. The Hall–Kier alpha value is -2.89. The molecule has 2 saturated heterocycles. The highest BCUT2D eigenvalue weighted by Gasteiger charge is 2.45. The number of para-hydroxylation sites is 1. The summed E-state index contributed by atoms with van der Waals surface area (Å²) >= 11 is 0. The maximum Gasteiger partial charge on any atom is 0.254 e. The van der Waals surface area contributed by atoms with Gasteiger partial charge in [-0.05, 0) is 50.8 Å². The van der Waals surface area contributed by atoms with Crippen molar-refractivity contribution in [1.82, 2.24) is 15.2 Å². The van der Waals surface area contributed by atoms with Crippen LogP contribution in [0.5, 0.6) is 5.75 Å². The van der Waals surface area contributed by atoms with Crippen molar-refractivity contribution in [3.05, 3.63) is 59.4 Å². The summed E-state index contributed by atoms with van der Waals surface area (Å²) in [5, 5.41) is 3.19. The van der Waals surface area contributed by atoms with Gasteiger partial charge in [-0.1, -0.05) is 18.2 Å². The van der Waals surface area contributed by atoms with E-state index in [4.69, 9.17) is 4.74 Å². The van der Waals surface area contributed by atoms with Crippen LogP contribution in [-0.2, 0) is 11.2 Å². The van der Waals surface area contributed by atoms with E-state index in [1.165, 1.54) is 0 Å². The molecule has 6 nitrogen and oxygen atoms in total. The number of carbonyl (C=O) groups excluding carboxylic acids is 2. The van der Waals surface area contributed by atoms with Crippen LogP contribution in [-0.4, -0.2) is 46.9 Å². The molecule has 4 rings (SSSR count). The van der Waals surface area contributed by atoms with E-state index < -0.39 is 0 Å². The molecule has 2 amide bonds. The highest BCUT2D eigenvalue weighted by atomic mass is 16.5. The van der Waals surface area contributed by atoms with E-state index in [0.29, 0.717) is 18.4 Å². The van der Waals surface area contributed by atoms with E-state index >= 15 is 0 Å². The fourth-order valence-corrected chi connectivity index (χ4v) is 4.90. The number of nitrogens with zero attached hydrogens (tertiary/aromatic N) is 2. The Bertz CT molecular complexity index is 945. The second kappa shape index (κ2) is 8.46. The van der Waals surface area contributed by atoms with Gasteiger partial charge in [0.2, 0.25) is 5.91 Å². The van der Waals surface area contributed by atoms with E-state index in [1.54, 1.807) is 19.4 Å². The van der Waals surface area contributed by atoms with Gasteiger partial charge in [-0.15, -0.1) is 0 Å². The molecule has 3 heterocycles. The zero-order chi connectivity index (χ0) is 21.1. The van der Waals surface area contributed by atoms with Crippen molar-refractivity contribution >= 4 is 11.8 Å². The first-order valence-corrected chi connectivity index (χ1v) is 10.7. The molecule has 0 saturated carbocycles. The third-order valence-corrected chi connectivity index (χ3v) is 6.40. The standard InChI is InChI=1S/C24H29N3O3/c1-24-12-6-14-27(21(24)9-5-10-22(28)26-24)23(29)18-11-13-25-19(16-18)15-17-7-3-4-8-20(17)30-2/h3-4,7-8,11,13,16,21H,5-6,9-10,12,14-15H2,1-2H3,(H,26,28)/t21-,24-/m0/s1. The predicted octanol–water partition coefficient (Wildman–Crippen LogP) is 3.34. The molecule has 2 aromatic rings. The largest absolute Gasteiger partial charge is 0.496 e. The summed E-state index contributed by atoms with van der Waals surface area (Å²) in [5.41, 5.74) is 2.16. The number of pyridine rings is 1. The Labute approximate surface area is 177 Å². The molecule has 1 N–H and O–H groups in total. The first kappa shape index (κ1) is 20.4. The molecule has 1 aromatic heterocycles. The maximum absolute atomic E-state index is 13.5. The van der Waals surface area contributed by atoms with Gasteiger partial charge in [-0.25, -0.2) is 0 Å². The maximum atomic E-state index is 13.5. The lowest BCUT2D eigenvalue weighted by Crippen LogP contribution is -2.63. The van der Waals surface area contributed by atoms with Gasteiger partial charge >= 0.3 is 0 Å². The summed E-state index contributed by atoms with van der Waals surface area (Å²) in [5.74, 6) is 0.931. The lowest BCUT2D eigenvalue weighted by atomic mass is 9.80. The Morgan fingerprint density at radius 1 is 1.30 bits per heavy atom. The van der Waals surface area contributed by atoms with E-state index in [1.807, 2.05) is 35.2 Å². The number of piperidine rings is 1. The number of aromatic nitrogens is 1. The number of methoxy groups -OCH3 is 1. The van der Waals surface area contributed by atoms with Gasteiger partial charge < -0.3 is 15.0 Å². The summed E-state index contributed by atoms with van der Waals surface area (Å²) in [7, 11) is 1.66. The Balaban J connectivity index is 1.57. The van der Waals surface area contributed by atoms with Crippen LogP contribution in [0.15, 0.2) is 42.6 Å². The van der Waals surface area contributed by atoms with Crippen molar-refractivity contribution in [2.75, 3.05) is 13.7 Å². The molecular formula is C24H29N3O3. The van der Waals surface area contributed by atoms with Crippen LogP contribution < -0.4 is 10.1 Å². The van der Waals surface area contributed by atoms with E-state index in [-0.39, 0.29) is 23.4 Å². The first-order valence-electron chi connectivity index (χ1n) is 10.7. The van der Waals surface area contributed by atoms with Crippen LogP contribution in [0.3, 0.4) is 0 Å². The summed E-state index contributed by atoms with van der Waals surface area (Å²) in [6.07, 6.45) is 6.29. The number of benzene rings is 1. The van der Waals surface area contributed by atoms with Crippen molar-refractivity contribution in [3.8, 4) is 5.75 Å². The molecule has 0 unspecified atom stereocenters. The number of likely N-dealkylation sites (tertiary alicyclic amines) is 1. The summed E-state index contributed by atoms with van der Waals surface area (Å²) in [6.45, 7) is 2.80. The monoisotopic (exact) mass is 407 g/mol. The molecule has 0 radical (unpaired) electrons. The Morgan fingerprint density at radius 2 is 2.13 bits per heavy atom. The van der Waals surface area contributed by atoms with Crippen molar-refractivity contribution in [2.45, 2.75) is 57.0 Å².